The lowest BCUT2D eigenvalue weighted by Crippen LogP contribution is -2.25. The summed E-state index contributed by atoms with van der Waals surface area (Å²) in [7, 11) is 0. The third kappa shape index (κ3) is 6.77. The topological polar surface area (TPSA) is 155 Å². The van der Waals surface area contributed by atoms with Crippen molar-refractivity contribution in [2.75, 3.05) is 25.1 Å². The highest BCUT2D eigenvalue weighted by atomic mass is 16.5. The Bertz CT molecular complexity index is 1060. The Morgan fingerprint density at radius 2 is 2.06 bits per heavy atom. The van der Waals surface area contributed by atoms with Crippen molar-refractivity contribution < 1.29 is 9.84 Å². The number of hydrogen-bond acceptors (Lipinski definition) is 9. The lowest BCUT2D eigenvalue weighted by molar-refractivity contribution is 0.0672. The SMILES string of the molecule is CC(C)(O)C(/C=C(\N)Nc1ccc2ncc(/C(C=N)=C/NCC3CCOCC3)cc2n1)=C/N. The van der Waals surface area contributed by atoms with E-state index in [-0.39, 0.29) is 0 Å². The molecule has 1 fully saturated rings. The van der Waals surface area contributed by atoms with Crippen LogP contribution in [0, 0.1) is 11.3 Å². The van der Waals surface area contributed by atoms with Crippen molar-refractivity contribution in [2.24, 2.45) is 17.4 Å². The van der Waals surface area contributed by atoms with Gasteiger partial charge in [0.15, 0.2) is 0 Å². The molecule has 9 heteroatoms. The Morgan fingerprint density at radius 3 is 2.73 bits per heavy atom. The van der Waals surface area contributed by atoms with Crippen molar-refractivity contribution in [3.63, 3.8) is 0 Å². The van der Waals surface area contributed by atoms with Crippen LogP contribution in [0.5, 0.6) is 0 Å². The van der Waals surface area contributed by atoms with E-state index in [1.807, 2.05) is 18.3 Å². The Morgan fingerprint density at radius 1 is 1.30 bits per heavy atom. The first-order chi connectivity index (χ1) is 15.8. The van der Waals surface area contributed by atoms with Gasteiger partial charge >= 0.3 is 0 Å². The van der Waals surface area contributed by atoms with Gasteiger partial charge in [-0.15, -0.1) is 0 Å². The molecule has 0 amide bonds. The number of ether oxygens (including phenoxy) is 1. The van der Waals surface area contributed by atoms with Crippen LogP contribution >= 0.6 is 0 Å². The zero-order valence-electron chi connectivity index (χ0n) is 19.1. The molecule has 1 aliphatic heterocycles. The van der Waals surface area contributed by atoms with Crippen LogP contribution in [0.2, 0.25) is 0 Å². The van der Waals surface area contributed by atoms with Crippen LogP contribution in [0.4, 0.5) is 5.82 Å². The van der Waals surface area contributed by atoms with Gasteiger partial charge in [-0.1, -0.05) is 0 Å². The fourth-order valence-electron chi connectivity index (χ4n) is 3.51. The van der Waals surface area contributed by atoms with Crippen LogP contribution in [0.15, 0.2) is 54.3 Å². The Balaban J connectivity index is 1.76. The van der Waals surface area contributed by atoms with E-state index in [0.717, 1.165) is 49.3 Å². The second-order valence-electron chi connectivity index (χ2n) is 8.57. The van der Waals surface area contributed by atoms with E-state index in [1.54, 1.807) is 32.2 Å². The molecule has 0 saturated carbocycles. The first kappa shape index (κ1) is 24.2. The number of aromatic nitrogens is 2. The molecule has 1 aliphatic rings. The van der Waals surface area contributed by atoms with Crippen molar-refractivity contribution in [2.45, 2.75) is 32.3 Å². The fourth-order valence-corrected chi connectivity index (χ4v) is 3.51. The van der Waals surface area contributed by atoms with Crippen molar-refractivity contribution >= 4 is 28.6 Å². The average Bonchev–Trinajstić information content (AvgIpc) is 2.80. The van der Waals surface area contributed by atoms with E-state index in [9.17, 15) is 5.11 Å². The average molecular weight is 452 g/mol. The molecule has 8 N–H and O–H groups in total. The van der Waals surface area contributed by atoms with E-state index in [1.165, 1.54) is 12.4 Å². The van der Waals surface area contributed by atoms with E-state index < -0.39 is 5.60 Å². The highest BCUT2D eigenvalue weighted by molar-refractivity contribution is 6.08. The predicted octanol–water partition coefficient (Wildman–Crippen LogP) is 2.46. The first-order valence-electron chi connectivity index (χ1n) is 11.0. The Kier molecular flexibility index (Phi) is 8.02. The van der Waals surface area contributed by atoms with Gasteiger partial charge in [-0.2, -0.15) is 0 Å². The number of nitrogens with one attached hydrogen (secondary N) is 3. The van der Waals surface area contributed by atoms with Crippen LogP contribution in [0.25, 0.3) is 16.6 Å². The molecule has 0 aromatic carbocycles. The van der Waals surface area contributed by atoms with Crippen LogP contribution in [-0.4, -0.2) is 46.6 Å². The highest BCUT2D eigenvalue weighted by Crippen LogP contribution is 2.21. The summed E-state index contributed by atoms with van der Waals surface area (Å²) < 4.78 is 5.40. The molecule has 0 spiro atoms. The van der Waals surface area contributed by atoms with Gasteiger partial charge in [0, 0.05) is 61.3 Å². The summed E-state index contributed by atoms with van der Waals surface area (Å²) in [6.45, 7) is 5.73. The molecule has 0 unspecified atom stereocenters. The maximum atomic E-state index is 10.1. The second kappa shape index (κ2) is 10.9. The largest absolute Gasteiger partial charge is 0.404 e. The lowest BCUT2D eigenvalue weighted by Gasteiger charge is -2.21. The first-order valence-corrected chi connectivity index (χ1v) is 11.0. The number of rotatable bonds is 9. The number of hydrogen-bond donors (Lipinski definition) is 6. The van der Waals surface area contributed by atoms with Crippen LogP contribution in [0.1, 0.15) is 32.3 Å². The molecule has 0 radical (unpaired) electrons. The van der Waals surface area contributed by atoms with Crippen molar-refractivity contribution in [1.29, 1.82) is 5.41 Å². The van der Waals surface area contributed by atoms with Crippen molar-refractivity contribution in [1.82, 2.24) is 15.3 Å². The monoisotopic (exact) mass is 451 g/mol. The summed E-state index contributed by atoms with van der Waals surface area (Å²) in [5, 5.41) is 24.3. The maximum absolute atomic E-state index is 10.1. The third-order valence-electron chi connectivity index (χ3n) is 5.50. The minimum Gasteiger partial charge on any atom is -0.404 e. The predicted molar refractivity (Wildman–Crippen MR) is 132 cm³/mol. The molecule has 1 saturated heterocycles. The minimum absolute atomic E-state index is 0.294. The summed E-state index contributed by atoms with van der Waals surface area (Å²) in [6, 6.07) is 5.51. The molecular weight excluding hydrogens is 418 g/mol. The zero-order chi connectivity index (χ0) is 23.8. The normalized spacial score (nSPS) is 16.6. The van der Waals surface area contributed by atoms with E-state index in [0.29, 0.717) is 28.6 Å². The molecule has 2 aromatic rings. The molecule has 3 rings (SSSR count). The molecule has 0 bridgehead atoms. The standard InChI is InChI=1S/C24H33N7O2/c1-24(2,32)19(12-26)10-22(27)31-23-4-3-20-21(30-23)9-17(15-29-20)18(11-25)14-28-13-16-5-7-33-8-6-16/h3-4,9-12,14-16,25,28,32H,5-8,13,26-27H2,1-2H3,(H,30,31)/b18-14+,19-12+,22-10+,25-11?. The molecule has 176 valence electrons. The maximum Gasteiger partial charge on any atom is 0.132 e. The molecule has 0 atom stereocenters. The molecule has 33 heavy (non-hydrogen) atoms. The van der Waals surface area contributed by atoms with Gasteiger partial charge < -0.3 is 37.4 Å². The van der Waals surface area contributed by atoms with Gasteiger partial charge in [0.25, 0.3) is 0 Å². The van der Waals surface area contributed by atoms with Gasteiger partial charge in [0.2, 0.25) is 0 Å². The second-order valence-corrected chi connectivity index (χ2v) is 8.57. The van der Waals surface area contributed by atoms with Crippen LogP contribution in [-0.2, 0) is 4.74 Å². The minimum atomic E-state index is -1.12. The Labute approximate surface area is 194 Å². The summed E-state index contributed by atoms with van der Waals surface area (Å²) >= 11 is 0. The quantitative estimate of drug-likeness (QED) is 0.251. The van der Waals surface area contributed by atoms with E-state index in [4.69, 9.17) is 21.6 Å². The number of nitrogens with two attached hydrogens (primary N) is 2. The highest BCUT2D eigenvalue weighted by Gasteiger charge is 2.17. The number of allylic oxidation sites excluding steroid dienone is 1. The number of fused-ring (bicyclic) bond motifs is 1. The number of pyridine rings is 2. The number of nitrogens with zero attached hydrogens (tertiary/aromatic N) is 2. The van der Waals surface area contributed by atoms with Crippen molar-refractivity contribution in [3.8, 4) is 0 Å². The summed E-state index contributed by atoms with van der Waals surface area (Å²) in [5.41, 5.74) is 13.9. The van der Waals surface area contributed by atoms with Gasteiger partial charge in [-0.05, 0) is 56.9 Å². The van der Waals surface area contributed by atoms with Gasteiger partial charge in [0.05, 0.1) is 16.6 Å². The molecular formula is C24H33N7O2. The van der Waals surface area contributed by atoms with Crippen molar-refractivity contribution in [3.05, 3.63) is 59.8 Å². The van der Waals surface area contributed by atoms with Gasteiger partial charge in [-0.3, -0.25) is 4.98 Å². The summed E-state index contributed by atoms with van der Waals surface area (Å²) in [6.07, 6.45) is 9.88. The summed E-state index contributed by atoms with van der Waals surface area (Å²) in [4.78, 5) is 9.08. The molecule has 2 aromatic heterocycles. The molecule has 0 aliphatic carbocycles. The molecule has 3 heterocycles. The third-order valence-corrected chi connectivity index (χ3v) is 5.50. The van der Waals surface area contributed by atoms with Gasteiger partial charge in [-0.25, -0.2) is 4.98 Å². The number of anilines is 1. The van der Waals surface area contributed by atoms with E-state index >= 15 is 0 Å². The lowest BCUT2D eigenvalue weighted by atomic mass is 9.99. The number of aliphatic hydroxyl groups is 1. The van der Waals surface area contributed by atoms with Crippen LogP contribution < -0.4 is 22.1 Å². The zero-order valence-corrected chi connectivity index (χ0v) is 19.1. The fraction of sp³-hybridized carbons (Fsp3) is 0.375. The van der Waals surface area contributed by atoms with E-state index in [2.05, 4.69) is 20.6 Å². The summed E-state index contributed by atoms with van der Waals surface area (Å²) in [5.74, 6) is 1.40. The van der Waals surface area contributed by atoms with Crippen LogP contribution in [0.3, 0.4) is 0 Å². The van der Waals surface area contributed by atoms with Gasteiger partial charge in [0.1, 0.15) is 11.6 Å². The Hall–Kier alpha value is -3.43. The smallest absolute Gasteiger partial charge is 0.132 e. The molecule has 9 nitrogen and oxygen atoms in total.